The van der Waals surface area contributed by atoms with E-state index < -0.39 is 41.0 Å². The van der Waals surface area contributed by atoms with Crippen LogP contribution in [0.3, 0.4) is 0 Å². The number of amides is 1. The summed E-state index contributed by atoms with van der Waals surface area (Å²) in [5, 5.41) is 2.58. The third-order valence-electron chi connectivity index (χ3n) is 3.81. The zero-order chi connectivity index (χ0) is 20.7. The van der Waals surface area contributed by atoms with Gasteiger partial charge in [-0.1, -0.05) is 30.4 Å². The van der Waals surface area contributed by atoms with Crippen molar-refractivity contribution in [3.05, 3.63) is 58.9 Å². The summed E-state index contributed by atoms with van der Waals surface area (Å²) < 4.78 is 53.7. The molecule has 2 aromatic rings. The number of nitrogens with two attached hydrogens (primary N) is 2. The quantitative estimate of drug-likeness (QED) is 0.304. The molecule has 1 aromatic carbocycles. The number of hydrogen-bond donors (Lipinski definition) is 3. The number of anilines is 1. The summed E-state index contributed by atoms with van der Waals surface area (Å²) in [5.74, 6) is -3.02. The van der Waals surface area contributed by atoms with Crippen LogP contribution in [0.25, 0.3) is 0 Å². The number of carbonyl (C=O) groups excluding carboxylic acids is 1. The maximum atomic E-state index is 13.7. The third kappa shape index (κ3) is 5.28. The number of nitrogens with zero attached hydrogens (tertiary/aromatic N) is 1. The standard InChI is InChI=1S/C19H18F4N4O/c20-15-12(16(21)18(23)27-17(15)22)9-8-11-5-1-2-7-14(11)26-19(28)13(25)6-3-4-10-24/h1-2,5,7,13H,3-4,6,10,24-25H2,(H,26,28). The second-order valence-electron chi connectivity index (χ2n) is 5.87. The molecular weight excluding hydrogens is 376 g/mol. The van der Waals surface area contributed by atoms with E-state index >= 15 is 0 Å². The van der Waals surface area contributed by atoms with E-state index in [4.69, 9.17) is 11.5 Å². The molecule has 1 unspecified atom stereocenters. The van der Waals surface area contributed by atoms with Gasteiger partial charge in [0, 0.05) is 5.56 Å². The summed E-state index contributed by atoms with van der Waals surface area (Å²) in [6.07, 6.45) is 1.85. The van der Waals surface area contributed by atoms with Gasteiger partial charge in [0.25, 0.3) is 11.9 Å². The van der Waals surface area contributed by atoms with Gasteiger partial charge in [-0.25, -0.2) is 8.78 Å². The van der Waals surface area contributed by atoms with Crippen molar-refractivity contribution in [2.45, 2.75) is 25.3 Å². The molecule has 1 heterocycles. The van der Waals surface area contributed by atoms with Gasteiger partial charge >= 0.3 is 0 Å². The fourth-order valence-electron chi connectivity index (χ4n) is 2.29. The SMILES string of the molecule is NCCCCC(N)C(=O)Nc1ccccc1C#Cc1c(F)c(F)nc(F)c1F. The van der Waals surface area contributed by atoms with Crippen molar-refractivity contribution in [2.75, 3.05) is 11.9 Å². The van der Waals surface area contributed by atoms with Gasteiger partial charge in [0.1, 0.15) is 5.56 Å². The number of unbranched alkanes of at least 4 members (excludes halogenated alkanes) is 1. The predicted octanol–water partition coefficient (Wildman–Crippen LogP) is 2.43. The summed E-state index contributed by atoms with van der Waals surface area (Å²) in [7, 11) is 0. The van der Waals surface area contributed by atoms with Gasteiger partial charge in [-0.15, -0.1) is 0 Å². The summed E-state index contributed by atoms with van der Waals surface area (Å²) in [6.45, 7) is 0.496. The Kier molecular flexibility index (Phi) is 7.49. The lowest BCUT2D eigenvalue weighted by molar-refractivity contribution is -0.117. The fourth-order valence-corrected chi connectivity index (χ4v) is 2.29. The summed E-state index contributed by atoms with van der Waals surface area (Å²) in [5.41, 5.74) is 10.5. The lowest BCUT2D eigenvalue weighted by Crippen LogP contribution is -2.35. The molecule has 0 bridgehead atoms. The topological polar surface area (TPSA) is 94.0 Å². The summed E-state index contributed by atoms with van der Waals surface area (Å²) >= 11 is 0. The van der Waals surface area contributed by atoms with Crippen LogP contribution in [0.5, 0.6) is 0 Å². The molecule has 148 valence electrons. The monoisotopic (exact) mass is 394 g/mol. The molecular formula is C19H18F4N4O. The van der Waals surface area contributed by atoms with E-state index in [0.29, 0.717) is 19.4 Å². The lowest BCUT2D eigenvalue weighted by Gasteiger charge is -2.13. The third-order valence-corrected chi connectivity index (χ3v) is 3.81. The van der Waals surface area contributed by atoms with E-state index in [1.54, 1.807) is 12.1 Å². The molecule has 1 amide bonds. The Morgan fingerprint density at radius 3 is 2.36 bits per heavy atom. The molecule has 0 radical (unpaired) electrons. The van der Waals surface area contributed by atoms with E-state index in [0.717, 1.165) is 6.42 Å². The lowest BCUT2D eigenvalue weighted by atomic mass is 10.1. The second-order valence-corrected chi connectivity index (χ2v) is 5.87. The molecule has 1 atom stereocenters. The molecule has 1 aromatic heterocycles. The zero-order valence-electron chi connectivity index (χ0n) is 14.7. The van der Waals surface area contributed by atoms with Crippen molar-refractivity contribution >= 4 is 11.6 Å². The number of nitrogens with one attached hydrogen (secondary N) is 1. The molecule has 5 N–H and O–H groups in total. The number of benzene rings is 1. The highest BCUT2D eigenvalue weighted by Crippen LogP contribution is 2.18. The highest BCUT2D eigenvalue weighted by atomic mass is 19.2. The molecule has 0 saturated heterocycles. The predicted molar refractivity (Wildman–Crippen MR) is 96.0 cm³/mol. The Morgan fingerprint density at radius 1 is 1.07 bits per heavy atom. The normalized spacial score (nSPS) is 11.5. The highest BCUT2D eigenvalue weighted by Gasteiger charge is 2.19. The number of hydrogen-bond acceptors (Lipinski definition) is 4. The van der Waals surface area contributed by atoms with Gasteiger partial charge in [-0.2, -0.15) is 13.8 Å². The molecule has 0 aliphatic rings. The summed E-state index contributed by atoms with van der Waals surface area (Å²) in [4.78, 5) is 14.7. The molecule has 0 fully saturated rings. The van der Waals surface area contributed by atoms with Crippen molar-refractivity contribution in [1.29, 1.82) is 0 Å². The molecule has 5 nitrogen and oxygen atoms in total. The van der Waals surface area contributed by atoms with Crippen molar-refractivity contribution in [3.63, 3.8) is 0 Å². The van der Waals surface area contributed by atoms with Crippen LogP contribution in [-0.2, 0) is 4.79 Å². The Labute approximate surface area is 159 Å². The van der Waals surface area contributed by atoms with Crippen LogP contribution in [0.15, 0.2) is 24.3 Å². The van der Waals surface area contributed by atoms with Crippen molar-refractivity contribution in [2.24, 2.45) is 11.5 Å². The molecule has 0 spiro atoms. The van der Waals surface area contributed by atoms with Crippen LogP contribution in [0.2, 0.25) is 0 Å². The number of rotatable bonds is 6. The average Bonchev–Trinajstić information content (AvgIpc) is 2.67. The fraction of sp³-hybridized carbons (Fsp3) is 0.263. The molecule has 9 heteroatoms. The highest BCUT2D eigenvalue weighted by molar-refractivity contribution is 5.95. The van der Waals surface area contributed by atoms with Crippen LogP contribution in [0, 0.1) is 35.4 Å². The van der Waals surface area contributed by atoms with E-state index in [1.165, 1.54) is 12.1 Å². The average molecular weight is 394 g/mol. The van der Waals surface area contributed by atoms with Crippen molar-refractivity contribution < 1.29 is 22.4 Å². The van der Waals surface area contributed by atoms with Gasteiger partial charge in [-0.3, -0.25) is 4.79 Å². The maximum Gasteiger partial charge on any atom is 0.253 e. The first kappa shape index (κ1) is 21.3. The summed E-state index contributed by atoms with van der Waals surface area (Å²) in [6, 6.07) is 5.38. The first-order valence-electron chi connectivity index (χ1n) is 8.42. The largest absolute Gasteiger partial charge is 0.330 e. The van der Waals surface area contributed by atoms with Crippen molar-refractivity contribution in [1.82, 2.24) is 4.98 Å². The van der Waals surface area contributed by atoms with Crippen LogP contribution in [-0.4, -0.2) is 23.5 Å². The minimum atomic E-state index is -1.80. The van der Waals surface area contributed by atoms with E-state index in [1.807, 2.05) is 5.92 Å². The Balaban J connectivity index is 2.25. The second kappa shape index (κ2) is 9.82. The first-order chi connectivity index (χ1) is 13.3. The van der Waals surface area contributed by atoms with E-state index in [2.05, 4.69) is 16.2 Å². The van der Waals surface area contributed by atoms with Gasteiger partial charge in [0.05, 0.1) is 11.7 Å². The van der Waals surface area contributed by atoms with Crippen LogP contribution >= 0.6 is 0 Å². The smallest absolute Gasteiger partial charge is 0.253 e. The molecule has 0 aliphatic carbocycles. The Morgan fingerprint density at radius 2 is 1.71 bits per heavy atom. The van der Waals surface area contributed by atoms with Crippen LogP contribution in [0.1, 0.15) is 30.4 Å². The minimum Gasteiger partial charge on any atom is -0.330 e. The van der Waals surface area contributed by atoms with E-state index in [9.17, 15) is 22.4 Å². The molecule has 28 heavy (non-hydrogen) atoms. The first-order valence-corrected chi connectivity index (χ1v) is 8.42. The number of pyridine rings is 1. The zero-order valence-corrected chi connectivity index (χ0v) is 14.7. The molecule has 2 rings (SSSR count). The molecule has 0 saturated carbocycles. The van der Waals surface area contributed by atoms with Crippen LogP contribution < -0.4 is 16.8 Å². The van der Waals surface area contributed by atoms with Gasteiger partial charge in [0.2, 0.25) is 5.91 Å². The van der Waals surface area contributed by atoms with Gasteiger partial charge in [-0.05, 0) is 31.5 Å². The van der Waals surface area contributed by atoms with Gasteiger partial charge < -0.3 is 16.8 Å². The van der Waals surface area contributed by atoms with E-state index in [-0.39, 0.29) is 11.3 Å². The molecule has 0 aliphatic heterocycles. The number of halogens is 4. The minimum absolute atomic E-state index is 0.182. The Bertz CT molecular complexity index is 898. The maximum absolute atomic E-state index is 13.7. The number of aromatic nitrogens is 1. The van der Waals surface area contributed by atoms with Crippen LogP contribution in [0.4, 0.5) is 23.2 Å². The number of carbonyl (C=O) groups is 1. The number of para-hydroxylation sites is 1. The van der Waals surface area contributed by atoms with Crippen molar-refractivity contribution in [3.8, 4) is 11.8 Å². The van der Waals surface area contributed by atoms with Gasteiger partial charge in [0.15, 0.2) is 11.6 Å². The Hall–Kier alpha value is -2.96.